The maximum atomic E-state index is 11.1. The van der Waals surface area contributed by atoms with Gasteiger partial charge < -0.3 is 14.8 Å². The highest BCUT2D eigenvalue weighted by Gasteiger charge is 2.22. The zero-order chi connectivity index (χ0) is 12.3. The molecule has 0 aliphatic rings. The Morgan fingerprint density at radius 3 is 2.50 bits per heavy atom. The lowest BCUT2D eigenvalue weighted by molar-refractivity contribution is -0.247. The average Bonchev–Trinajstić information content (AvgIpc) is 2.15. The van der Waals surface area contributed by atoms with Crippen LogP contribution in [0.5, 0.6) is 0 Å². The third kappa shape index (κ3) is 2.54. The highest BCUT2D eigenvalue weighted by atomic mass is 16.4. The molecule has 0 unspecified atom stereocenters. The van der Waals surface area contributed by atoms with Gasteiger partial charge in [-0.05, 0) is 39.0 Å². The molecule has 0 aromatic heterocycles. The molecule has 1 rings (SSSR count). The third-order valence-corrected chi connectivity index (χ3v) is 2.12. The lowest BCUT2D eigenvalue weighted by Gasteiger charge is -2.37. The molecular formula is C13H14NO2-. The first-order chi connectivity index (χ1) is 7.36. The van der Waals surface area contributed by atoms with Crippen molar-refractivity contribution in [2.75, 3.05) is 4.90 Å². The van der Waals surface area contributed by atoms with Gasteiger partial charge in [0.2, 0.25) is 0 Å². The molecule has 3 nitrogen and oxygen atoms in total. The van der Waals surface area contributed by atoms with Gasteiger partial charge in [0.25, 0.3) is 0 Å². The molecule has 1 aromatic carbocycles. The first-order valence-electron chi connectivity index (χ1n) is 4.94. The van der Waals surface area contributed by atoms with Gasteiger partial charge in [-0.3, -0.25) is 0 Å². The van der Waals surface area contributed by atoms with Crippen molar-refractivity contribution in [3.8, 4) is 12.3 Å². The Labute approximate surface area is 95.7 Å². The summed E-state index contributed by atoms with van der Waals surface area (Å²) in [5.41, 5.74) is 0.613. The molecule has 3 heteroatoms. The molecule has 1 amide bonds. The van der Waals surface area contributed by atoms with E-state index in [1.807, 2.05) is 0 Å². The Hall–Kier alpha value is -1.95. The van der Waals surface area contributed by atoms with Crippen molar-refractivity contribution in [1.82, 2.24) is 0 Å². The fourth-order valence-corrected chi connectivity index (χ4v) is 1.50. The molecule has 0 N–H and O–H groups in total. The molecule has 0 spiro atoms. The highest BCUT2D eigenvalue weighted by Crippen LogP contribution is 2.24. The van der Waals surface area contributed by atoms with E-state index in [0.717, 1.165) is 0 Å². The summed E-state index contributed by atoms with van der Waals surface area (Å²) in [5.74, 6) is 2.47. The van der Waals surface area contributed by atoms with Crippen LogP contribution in [-0.2, 0) is 0 Å². The van der Waals surface area contributed by atoms with E-state index < -0.39 is 11.6 Å². The number of benzene rings is 1. The smallest absolute Gasteiger partial charge is 0.142 e. The Bertz CT molecular complexity index is 438. The van der Waals surface area contributed by atoms with E-state index in [2.05, 4.69) is 5.92 Å². The summed E-state index contributed by atoms with van der Waals surface area (Å²) in [6.07, 6.45) is 4.04. The number of nitrogens with zero attached hydrogens (tertiary/aromatic N) is 1. The van der Waals surface area contributed by atoms with Crippen LogP contribution in [-0.4, -0.2) is 11.6 Å². The van der Waals surface area contributed by atoms with Gasteiger partial charge in [0.1, 0.15) is 6.09 Å². The quantitative estimate of drug-likeness (QED) is 0.669. The van der Waals surface area contributed by atoms with E-state index in [9.17, 15) is 9.90 Å². The second-order valence-corrected chi connectivity index (χ2v) is 4.47. The number of amides is 1. The Kier molecular flexibility index (Phi) is 3.24. The van der Waals surface area contributed by atoms with Crippen molar-refractivity contribution in [1.29, 1.82) is 0 Å². The summed E-state index contributed by atoms with van der Waals surface area (Å²) in [7, 11) is 0. The molecule has 0 atom stereocenters. The molecule has 0 radical (unpaired) electrons. The van der Waals surface area contributed by atoms with E-state index in [0.29, 0.717) is 11.3 Å². The van der Waals surface area contributed by atoms with Crippen LogP contribution < -0.4 is 10.0 Å². The lowest BCUT2D eigenvalue weighted by Crippen LogP contribution is -2.52. The standard InChI is InChI=1S/C13H15NO2/c1-5-10-7-6-8-11(9-10)14(12(15)16)13(2,3)4/h1,6-9H,2-4H3,(H,15,16)/p-1. The van der Waals surface area contributed by atoms with E-state index in [1.54, 1.807) is 45.0 Å². The number of rotatable bonds is 1. The van der Waals surface area contributed by atoms with Crippen LogP contribution in [0.2, 0.25) is 0 Å². The Morgan fingerprint density at radius 2 is 2.06 bits per heavy atom. The first-order valence-corrected chi connectivity index (χ1v) is 4.94. The normalized spacial score (nSPS) is 10.6. The van der Waals surface area contributed by atoms with E-state index in [-0.39, 0.29) is 0 Å². The SMILES string of the molecule is C#Cc1cccc(N(C(=O)[O-])C(C)(C)C)c1. The zero-order valence-electron chi connectivity index (χ0n) is 9.65. The number of anilines is 1. The van der Waals surface area contributed by atoms with Gasteiger partial charge in [0.15, 0.2) is 0 Å². The van der Waals surface area contributed by atoms with Crippen LogP contribution in [0.4, 0.5) is 10.5 Å². The van der Waals surface area contributed by atoms with Crippen LogP contribution in [0, 0.1) is 12.3 Å². The van der Waals surface area contributed by atoms with Crippen molar-refractivity contribution in [2.45, 2.75) is 26.3 Å². The zero-order valence-corrected chi connectivity index (χ0v) is 9.65. The van der Waals surface area contributed by atoms with Crippen LogP contribution in [0.3, 0.4) is 0 Å². The molecule has 0 bridgehead atoms. The number of carbonyl (C=O) groups excluding carboxylic acids is 1. The molecule has 0 fully saturated rings. The highest BCUT2D eigenvalue weighted by molar-refractivity contribution is 5.86. The summed E-state index contributed by atoms with van der Waals surface area (Å²) >= 11 is 0. The summed E-state index contributed by atoms with van der Waals surface area (Å²) in [6.45, 7) is 5.39. The van der Waals surface area contributed by atoms with Crippen molar-refractivity contribution in [3.63, 3.8) is 0 Å². The number of carboxylic acid groups (broad SMARTS) is 1. The van der Waals surface area contributed by atoms with Gasteiger partial charge in [-0.2, -0.15) is 0 Å². The van der Waals surface area contributed by atoms with Crippen molar-refractivity contribution in [2.24, 2.45) is 0 Å². The number of terminal acetylenes is 1. The van der Waals surface area contributed by atoms with Gasteiger partial charge in [-0.15, -0.1) is 6.42 Å². The van der Waals surface area contributed by atoms with Crippen LogP contribution in [0.1, 0.15) is 26.3 Å². The fourth-order valence-electron chi connectivity index (χ4n) is 1.50. The Morgan fingerprint density at radius 1 is 1.44 bits per heavy atom. The molecule has 0 aliphatic heterocycles. The van der Waals surface area contributed by atoms with Gasteiger partial charge in [0, 0.05) is 16.8 Å². The maximum Gasteiger partial charge on any atom is 0.142 e. The summed E-state index contributed by atoms with van der Waals surface area (Å²) < 4.78 is 0. The number of carbonyl (C=O) groups is 1. The minimum absolute atomic E-state index is 0.531. The number of hydrogen-bond acceptors (Lipinski definition) is 2. The van der Waals surface area contributed by atoms with E-state index in [1.165, 1.54) is 4.90 Å². The average molecular weight is 216 g/mol. The van der Waals surface area contributed by atoms with Gasteiger partial charge in [-0.25, -0.2) is 0 Å². The van der Waals surface area contributed by atoms with Gasteiger partial charge in [-0.1, -0.05) is 12.0 Å². The van der Waals surface area contributed by atoms with Crippen molar-refractivity contribution in [3.05, 3.63) is 29.8 Å². The fraction of sp³-hybridized carbons (Fsp3) is 0.308. The van der Waals surface area contributed by atoms with Crippen LogP contribution in [0.15, 0.2) is 24.3 Å². The summed E-state index contributed by atoms with van der Waals surface area (Å²) in [5, 5.41) is 11.1. The number of hydrogen-bond donors (Lipinski definition) is 0. The minimum Gasteiger partial charge on any atom is -0.530 e. The molecule has 16 heavy (non-hydrogen) atoms. The monoisotopic (exact) mass is 216 g/mol. The van der Waals surface area contributed by atoms with E-state index >= 15 is 0 Å². The summed E-state index contributed by atoms with van der Waals surface area (Å²) in [6, 6.07) is 6.83. The summed E-state index contributed by atoms with van der Waals surface area (Å²) in [4.78, 5) is 12.3. The molecular weight excluding hydrogens is 202 g/mol. The molecule has 1 aromatic rings. The third-order valence-electron chi connectivity index (χ3n) is 2.12. The Balaban J connectivity index is 3.23. The van der Waals surface area contributed by atoms with Crippen LogP contribution >= 0.6 is 0 Å². The second-order valence-electron chi connectivity index (χ2n) is 4.47. The molecule has 0 aliphatic carbocycles. The molecule has 0 heterocycles. The van der Waals surface area contributed by atoms with Gasteiger partial charge >= 0.3 is 0 Å². The van der Waals surface area contributed by atoms with Crippen LogP contribution in [0.25, 0.3) is 0 Å². The van der Waals surface area contributed by atoms with Crippen molar-refractivity contribution < 1.29 is 9.90 Å². The lowest BCUT2D eigenvalue weighted by atomic mass is 10.0. The second kappa shape index (κ2) is 4.28. The molecule has 84 valence electrons. The predicted octanol–water partition coefficient (Wildman–Crippen LogP) is 1.62. The topological polar surface area (TPSA) is 43.4 Å². The van der Waals surface area contributed by atoms with E-state index in [4.69, 9.17) is 6.42 Å². The largest absolute Gasteiger partial charge is 0.530 e. The maximum absolute atomic E-state index is 11.1. The predicted molar refractivity (Wildman–Crippen MR) is 62.0 cm³/mol. The minimum atomic E-state index is -1.23. The van der Waals surface area contributed by atoms with Gasteiger partial charge in [0.05, 0.1) is 0 Å². The first kappa shape index (κ1) is 12.1. The molecule has 0 saturated carbocycles. The van der Waals surface area contributed by atoms with Crippen molar-refractivity contribution >= 4 is 11.8 Å². The molecule has 0 saturated heterocycles.